The van der Waals surface area contributed by atoms with Crippen molar-refractivity contribution < 1.29 is 38.5 Å². The number of fused-ring (bicyclic) bond motifs is 1. The number of allylic oxidation sites excluding steroid dienone is 1. The van der Waals surface area contributed by atoms with Gasteiger partial charge in [0.1, 0.15) is 0 Å². The molecule has 10 nitrogen and oxygen atoms in total. The molecule has 1 amide bonds. The highest BCUT2D eigenvalue weighted by atomic mass is 16.5. The highest BCUT2D eigenvalue weighted by Crippen LogP contribution is 2.48. The molecular weight excluding hydrogens is 552 g/mol. The first-order valence-corrected chi connectivity index (χ1v) is 13.8. The predicted octanol–water partition coefficient (Wildman–Crippen LogP) is 5.26. The SMILES string of the molecule is COC(=O)c1ccc([C@@H]2C3=C(C[C@@H](c4ccc(OC)c(OC)c4)CC3=O)Nc3ccccc3N2C(=O)CCC(=O)O)cc1. The molecule has 0 bridgehead atoms. The van der Waals surface area contributed by atoms with E-state index < -0.39 is 23.9 Å². The number of carbonyl (C=O) groups is 4. The summed E-state index contributed by atoms with van der Waals surface area (Å²) in [6.45, 7) is 0. The summed E-state index contributed by atoms with van der Waals surface area (Å²) in [7, 11) is 4.41. The van der Waals surface area contributed by atoms with Crippen molar-refractivity contribution in [1.29, 1.82) is 0 Å². The molecule has 0 unspecified atom stereocenters. The van der Waals surface area contributed by atoms with E-state index in [4.69, 9.17) is 14.2 Å². The van der Waals surface area contributed by atoms with Crippen LogP contribution in [0.2, 0.25) is 0 Å². The first-order chi connectivity index (χ1) is 20.7. The lowest BCUT2D eigenvalue weighted by Crippen LogP contribution is -2.38. The molecule has 1 aliphatic heterocycles. The molecule has 2 atom stereocenters. The third kappa shape index (κ3) is 5.81. The molecule has 1 heterocycles. The van der Waals surface area contributed by atoms with E-state index in [9.17, 15) is 24.3 Å². The van der Waals surface area contributed by atoms with Gasteiger partial charge in [0.05, 0.1) is 50.7 Å². The first-order valence-electron chi connectivity index (χ1n) is 13.8. The summed E-state index contributed by atoms with van der Waals surface area (Å²) in [6, 6.07) is 18.5. The van der Waals surface area contributed by atoms with Gasteiger partial charge in [0.15, 0.2) is 17.3 Å². The number of carboxylic acid groups (broad SMARTS) is 1. The van der Waals surface area contributed by atoms with Crippen molar-refractivity contribution in [3.05, 3.63) is 94.7 Å². The first kappa shape index (κ1) is 29.4. The molecule has 0 spiro atoms. The lowest BCUT2D eigenvalue weighted by molar-refractivity contribution is -0.138. The average Bonchev–Trinajstić information content (AvgIpc) is 3.17. The van der Waals surface area contributed by atoms with E-state index in [1.807, 2.05) is 30.3 Å². The Morgan fingerprint density at radius 2 is 1.58 bits per heavy atom. The number of carboxylic acids is 1. The van der Waals surface area contributed by atoms with Crippen molar-refractivity contribution >= 4 is 35.0 Å². The minimum atomic E-state index is -1.10. The van der Waals surface area contributed by atoms with Crippen molar-refractivity contribution in [2.24, 2.45) is 0 Å². The van der Waals surface area contributed by atoms with E-state index in [0.717, 1.165) is 5.56 Å². The van der Waals surface area contributed by atoms with Crippen molar-refractivity contribution in [3.8, 4) is 11.5 Å². The molecule has 2 N–H and O–H groups in total. The summed E-state index contributed by atoms with van der Waals surface area (Å²) in [6.07, 6.45) is 0.0324. The Morgan fingerprint density at radius 1 is 0.884 bits per heavy atom. The lowest BCUT2D eigenvalue weighted by Gasteiger charge is -2.35. The van der Waals surface area contributed by atoms with Gasteiger partial charge in [-0.2, -0.15) is 0 Å². The number of Topliss-reactive ketones (excluding diaryl/α,β-unsaturated/α-hetero) is 1. The summed E-state index contributed by atoms with van der Waals surface area (Å²) in [4.78, 5) is 53.1. The number of benzene rings is 3. The maximum absolute atomic E-state index is 14.2. The fourth-order valence-corrected chi connectivity index (χ4v) is 5.78. The number of carbonyl (C=O) groups excluding carboxylic acids is 3. The predicted molar refractivity (Wildman–Crippen MR) is 158 cm³/mol. The van der Waals surface area contributed by atoms with Gasteiger partial charge in [0, 0.05) is 24.1 Å². The molecule has 0 saturated carbocycles. The number of aliphatic carboxylic acids is 1. The summed E-state index contributed by atoms with van der Waals surface area (Å²) in [5.41, 5.74) is 4.05. The van der Waals surface area contributed by atoms with Gasteiger partial charge in [-0.3, -0.25) is 19.3 Å². The number of amides is 1. The third-order valence-corrected chi connectivity index (χ3v) is 7.84. The molecule has 5 rings (SSSR count). The zero-order valence-corrected chi connectivity index (χ0v) is 24.1. The topological polar surface area (TPSA) is 131 Å². The van der Waals surface area contributed by atoms with Gasteiger partial charge in [-0.05, 0) is 59.9 Å². The number of nitrogens with zero attached hydrogens (tertiary/aromatic N) is 1. The Hall–Kier alpha value is -5.12. The number of ketones is 1. The van der Waals surface area contributed by atoms with Crippen LogP contribution in [0.5, 0.6) is 11.5 Å². The normalized spacial score (nSPS) is 17.7. The van der Waals surface area contributed by atoms with Crippen LogP contribution in [-0.4, -0.2) is 50.1 Å². The number of esters is 1. The van der Waals surface area contributed by atoms with Gasteiger partial charge in [-0.1, -0.05) is 30.3 Å². The standard InChI is InChI=1S/C33H32N2O8/c1-41-27-13-12-21(18-28(27)42-2)22-16-24-31(26(36)17-22)32(19-8-10-20(11-9-19)33(40)43-3)35(29(37)14-15-30(38)39)25-7-5-4-6-23(25)34-24/h4-13,18,22,32,34H,14-17H2,1-3H3,(H,38,39)/t22-,32-/m1/s1. The minimum Gasteiger partial charge on any atom is -0.493 e. The molecule has 2 aliphatic rings. The molecule has 0 fully saturated rings. The highest BCUT2D eigenvalue weighted by Gasteiger charge is 2.41. The molecule has 3 aromatic rings. The molecule has 43 heavy (non-hydrogen) atoms. The summed E-state index contributed by atoms with van der Waals surface area (Å²) >= 11 is 0. The molecule has 0 saturated heterocycles. The third-order valence-electron chi connectivity index (χ3n) is 7.84. The number of ether oxygens (including phenoxy) is 3. The van der Waals surface area contributed by atoms with Crippen LogP contribution in [0.15, 0.2) is 78.0 Å². The van der Waals surface area contributed by atoms with E-state index in [1.165, 1.54) is 12.0 Å². The molecule has 0 radical (unpaired) electrons. The fraction of sp³-hybridized carbons (Fsp3) is 0.273. The second-order valence-corrected chi connectivity index (χ2v) is 10.4. The number of hydrogen-bond donors (Lipinski definition) is 2. The van der Waals surface area contributed by atoms with Crippen LogP contribution < -0.4 is 19.7 Å². The Kier molecular flexibility index (Phi) is 8.47. The second kappa shape index (κ2) is 12.4. The molecule has 222 valence electrons. The molecule has 10 heteroatoms. The van der Waals surface area contributed by atoms with E-state index in [2.05, 4.69) is 5.32 Å². The maximum Gasteiger partial charge on any atom is 0.337 e. The number of methoxy groups -OCH3 is 3. The number of rotatable bonds is 8. The zero-order valence-electron chi connectivity index (χ0n) is 24.1. The van der Waals surface area contributed by atoms with E-state index in [-0.39, 0.29) is 31.0 Å². The van der Waals surface area contributed by atoms with Gasteiger partial charge in [-0.15, -0.1) is 0 Å². The Labute approximate surface area is 248 Å². The summed E-state index contributed by atoms with van der Waals surface area (Å²) in [5.74, 6) is -1.24. The highest BCUT2D eigenvalue weighted by molar-refractivity contribution is 6.07. The van der Waals surface area contributed by atoms with Crippen molar-refractivity contribution in [2.75, 3.05) is 31.5 Å². The van der Waals surface area contributed by atoms with Crippen LogP contribution in [0.4, 0.5) is 11.4 Å². The second-order valence-electron chi connectivity index (χ2n) is 10.4. The van der Waals surface area contributed by atoms with Crippen LogP contribution in [0.25, 0.3) is 0 Å². The van der Waals surface area contributed by atoms with Gasteiger partial charge in [0.2, 0.25) is 5.91 Å². The van der Waals surface area contributed by atoms with E-state index in [0.29, 0.717) is 51.7 Å². The molecular formula is C33H32N2O8. The van der Waals surface area contributed by atoms with Crippen LogP contribution in [0.1, 0.15) is 59.1 Å². The average molecular weight is 585 g/mol. The largest absolute Gasteiger partial charge is 0.493 e. The quantitative estimate of drug-likeness (QED) is 0.341. The fourth-order valence-electron chi connectivity index (χ4n) is 5.78. The van der Waals surface area contributed by atoms with Gasteiger partial charge < -0.3 is 24.6 Å². The number of para-hydroxylation sites is 2. The van der Waals surface area contributed by atoms with Crippen molar-refractivity contribution in [2.45, 2.75) is 37.6 Å². The number of anilines is 2. The Morgan fingerprint density at radius 3 is 2.26 bits per heavy atom. The molecule has 1 aliphatic carbocycles. The number of hydrogen-bond acceptors (Lipinski definition) is 8. The minimum absolute atomic E-state index is 0.153. The zero-order chi connectivity index (χ0) is 30.7. The van der Waals surface area contributed by atoms with Crippen molar-refractivity contribution in [3.63, 3.8) is 0 Å². The summed E-state index contributed by atoms with van der Waals surface area (Å²) < 4.78 is 15.7. The van der Waals surface area contributed by atoms with Crippen LogP contribution in [0, 0.1) is 0 Å². The van der Waals surface area contributed by atoms with Crippen LogP contribution in [0.3, 0.4) is 0 Å². The van der Waals surface area contributed by atoms with Crippen molar-refractivity contribution in [1.82, 2.24) is 0 Å². The molecule has 0 aromatic heterocycles. The molecule has 3 aromatic carbocycles. The maximum atomic E-state index is 14.2. The van der Waals surface area contributed by atoms with Crippen LogP contribution >= 0.6 is 0 Å². The van der Waals surface area contributed by atoms with Gasteiger partial charge in [0.25, 0.3) is 0 Å². The van der Waals surface area contributed by atoms with Crippen LogP contribution in [-0.2, 0) is 19.1 Å². The lowest BCUT2D eigenvalue weighted by atomic mass is 9.78. The van der Waals surface area contributed by atoms with E-state index in [1.54, 1.807) is 50.6 Å². The summed E-state index contributed by atoms with van der Waals surface area (Å²) in [5, 5.41) is 12.8. The van der Waals surface area contributed by atoms with Gasteiger partial charge in [-0.25, -0.2) is 4.79 Å². The number of nitrogens with one attached hydrogen (secondary N) is 1. The van der Waals surface area contributed by atoms with E-state index >= 15 is 0 Å². The van der Waals surface area contributed by atoms with Gasteiger partial charge >= 0.3 is 11.9 Å². The monoisotopic (exact) mass is 584 g/mol. The smallest absolute Gasteiger partial charge is 0.337 e. The Bertz CT molecular complexity index is 1610. The Balaban J connectivity index is 1.66.